The molecule has 1 nitrogen and oxygen atoms in total. The lowest BCUT2D eigenvalue weighted by Crippen LogP contribution is -2.49. The van der Waals surface area contributed by atoms with Gasteiger partial charge in [0.15, 0.2) is 0 Å². The summed E-state index contributed by atoms with van der Waals surface area (Å²) in [6.07, 6.45) is 15.4. The molecule has 4 rings (SSSR count). The maximum absolute atomic E-state index is 12.3. The van der Waals surface area contributed by atoms with Crippen LogP contribution in [0.2, 0.25) is 0 Å². The number of carbonyl (C=O) groups is 1. The lowest BCUT2D eigenvalue weighted by Gasteiger charge is -2.55. The first kappa shape index (κ1) is 12.9. The van der Waals surface area contributed by atoms with Gasteiger partial charge in [0.25, 0.3) is 0 Å². The van der Waals surface area contributed by atoms with Crippen molar-refractivity contribution >= 4 is 5.78 Å². The highest BCUT2D eigenvalue weighted by atomic mass is 16.1. The third-order valence-electron chi connectivity index (χ3n) is 7.36. The average Bonchev–Trinajstić information content (AvgIpc) is 2.74. The van der Waals surface area contributed by atoms with E-state index in [1.807, 2.05) is 0 Å². The average molecular weight is 270 g/mol. The largest absolute Gasteiger partial charge is 0.299 e. The number of ketones is 1. The molecule has 0 aromatic carbocycles. The fourth-order valence-electron chi connectivity index (χ4n) is 6.07. The van der Waals surface area contributed by atoms with Gasteiger partial charge in [0.05, 0.1) is 0 Å². The molecule has 0 saturated heterocycles. The van der Waals surface area contributed by atoms with Crippen LogP contribution in [0.4, 0.5) is 0 Å². The fraction of sp³-hybridized carbons (Fsp3) is 0.737. The zero-order valence-corrected chi connectivity index (χ0v) is 12.8. The first-order valence-electron chi connectivity index (χ1n) is 8.46. The van der Waals surface area contributed by atoms with Crippen LogP contribution in [0.3, 0.4) is 0 Å². The third kappa shape index (κ3) is 1.47. The quantitative estimate of drug-likeness (QED) is 0.624. The Bertz CT molecular complexity index is 514. The summed E-state index contributed by atoms with van der Waals surface area (Å²) in [5.74, 6) is 2.80. The molecular weight excluding hydrogens is 244 g/mol. The number of hydrogen-bond donors (Lipinski definition) is 0. The molecule has 4 aliphatic rings. The molecule has 5 atom stereocenters. The summed E-state index contributed by atoms with van der Waals surface area (Å²) < 4.78 is 0. The lowest BCUT2D eigenvalue weighted by atomic mass is 9.49. The topological polar surface area (TPSA) is 17.1 Å². The van der Waals surface area contributed by atoms with Crippen molar-refractivity contribution in [3.05, 3.63) is 23.8 Å². The second-order valence-electron chi connectivity index (χ2n) is 8.05. The highest BCUT2D eigenvalue weighted by Gasteiger charge is 2.57. The molecule has 0 N–H and O–H groups in total. The van der Waals surface area contributed by atoms with Gasteiger partial charge in [0, 0.05) is 11.8 Å². The van der Waals surface area contributed by atoms with E-state index in [2.05, 4.69) is 32.1 Å². The molecular formula is C19H26O. The smallest absolute Gasteiger partial charge is 0.139 e. The van der Waals surface area contributed by atoms with Crippen LogP contribution in [0.5, 0.6) is 0 Å². The number of hydrogen-bond acceptors (Lipinski definition) is 1. The van der Waals surface area contributed by atoms with Gasteiger partial charge in [-0.3, -0.25) is 4.79 Å². The van der Waals surface area contributed by atoms with Gasteiger partial charge in [-0.05, 0) is 67.3 Å². The Morgan fingerprint density at radius 1 is 1.10 bits per heavy atom. The predicted octanol–water partition coefficient (Wildman–Crippen LogP) is 4.68. The summed E-state index contributed by atoms with van der Waals surface area (Å²) >= 11 is 0. The SMILES string of the molecule is C[C@]12CCC=CC1=CC[C@@H]1[C@@H]2CC[C@]2(C)C(=O)CC[C@@H]12. The van der Waals surface area contributed by atoms with Crippen LogP contribution in [0.15, 0.2) is 23.8 Å². The van der Waals surface area contributed by atoms with Crippen molar-refractivity contribution in [3.8, 4) is 0 Å². The van der Waals surface area contributed by atoms with Crippen molar-refractivity contribution in [1.29, 1.82) is 0 Å². The number of allylic oxidation sites excluding steroid dienone is 4. The Morgan fingerprint density at radius 3 is 2.75 bits per heavy atom. The highest BCUT2D eigenvalue weighted by Crippen LogP contribution is 2.63. The molecule has 0 aromatic rings. The van der Waals surface area contributed by atoms with E-state index in [9.17, 15) is 4.79 Å². The van der Waals surface area contributed by atoms with Crippen LogP contribution in [-0.2, 0) is 4.79 Å². The normalized spacial score (nSPS) is 50.2. The fourth-order valence-corrected chi connectivity index (χ4v) is 6.07. The Labute approximate surface area is 122 Å². The monoisotopic (exact) mass is 270 g/mol. The van der Waals surface area contributed by atoms with E-state index in [0.717, 1.165) is 31.1 Å². The third-order valence-corrected chi connectivity index (χ3v) is 7.36. The van der Waals surface area contributed by atoms with Crippen LogP contribution in [-0.4, -0.2) is 5.78 Å². The van der Waals surface area contributed by atoms with Crippen molar-refractivity contribution < 1.29 is 4.79 Å². The molecule has 4 aliphatic carbocycles. The highest BCUT2D eigenvalue weighted by molar-refractivity contribution is 5.87. The summed E-state index contributed by atoms with van der Waals surface area (Å²) in [5.41, 5.74) is 2.01. The summed E-state index contributed by atoms with van der Waals surface area (Å²) in [5, 5.41) is 0. The van der Waals surface area contributed by atoms with E-state index in [1.54, 1.807) is 5.57 Å². The summed E-state index contributed by atoms with van der Waals surface area (Å²) in [7, 11) is 0. The van der Waals surface area contributed by atoms with E-state index < -0.39 is 0 Å². The standard InChI is InChI=1S/C19H26O/c1-18-11-4-3-5-13(18)6-7-14-15-8-9-17(20)19(15,2)12-10-16(14)18/h3,5-6,14-16H,4,7-12H2,1-2H3/t14-,15-,16-,18-,19-/m0/s1. The minimum Gasteiger partial charge on any atom is -0.299 e. The first-order valence-corrected chi connectivity index (χ1v) is 8.46. The van der Waals surface area contributed by atoms with Crippen molar-refractivity contribution in [2.45, 2.75) is 58.8 Å². The molecule has 2 fully saturated rings. The number of rotatable bonds is 0. The minimum absolute atomic E-state index is 0.0212. The zero-order valence-electron chi connectivity index (χ0n) is 12.8. The van der Waals surface area contributed by atoms with Gasteiger partial charge in [-0.1, -0.05) is 32.1 Å². The summed E-state index contributed by atoms with van der Waals surface area (Å²) in [6, 6.07) is 0. The molecule has 0 aromatic heterocycles. The van der Waals surface area contributed by atoms with Crippen LogP contribution < -0.4 is 0 Å². The molecule has 0 heterocycles. The van der Waals surface area contributed by atoms with Crippen molar-refractivity contribution in [3.63, 3.8) is 0 Å². The van der Waals surface area contributed by atoms with Crippen LogP contribution in [0, 0.1) is 28.6 Å². The Balaban J connectivity index is 1.74. The Morgan fingerprint density at radius 2 is 1.90 bits per heavy atom. The van der Waals surface area contributed by atoms with Crippen molar-refractivity contribution in [1.82, 2.24) is 0 Å². The van der Waals surface area contributed by atoms with E-state index >= 15 is 0 Å². The van der Waals surface area contributed by atoms with Crippen LogP contribution in [0.1, 0.15) is 58.8 Å². The van der Waals surface area contributed by atoms with Gasteiger partial charge in [0.1, 0.15) is 5.78 Å². The molecule has 20 heavy (non-hydrogen) atoms. The van der Waals surface area contributed by atoms with Gasteiger partial charge in [-0.15, -0.1) is 0 Å². The molecule has 0 spiro atoms. The molecule has 0 unspecified atom stereocenters. The van der Waals surface area contributed by atoms with Gasteiger partial charge in [-0.25, -0.2) is 0 Å². The van der Waals surface area contributed by atoms with Crippen LogP contribution >= 0.6 is 0 Å². The first-order chi connectivity index (χ1) is 9.56. The van der Waals surface area contributed by atoms with Gasteiger partial charge < -0.3 is 0 Å². The van der Waals surface area contributed by atoms with Crippen LogP contribution in [0.25, 0.3) is 0 Å². The molecule has 1 heteroatoms. The zero-order chi connectivity index (χ0) is 14.0. The second-order valence-corrected chi connectivity index (χ2v) is 8.05. The Hall–Kier alpha value is -0.850. The van der Waals surface area contributed by atoms with E-state index in [1.165, 1.54) is 25.7 Å². The minimum atomic E-state index is 0.0212. The summed E-state index contributed by atoms with van der Waals surface area (Å²) in [6.45, 7) is 4.77. The number of carbonyl (C=O) groups excluding carboxylic acids is 1. The number of Topliss-reactive ketones (excluding diaryl/α,β-unsaturated/α-hetero) is 1. The Kier molecular flexibility index (Phi) is 2.63. The van der Waals surface area contributed by atoms with E-state index in [-0.39, 0.29) is 5.41 Å². The molecule has 2 saturated carbocycles. The van der Waals surface area contributed by atoms with Gasteiger partial charge in [-0.2, -0.15) is 0 Å². The number of fused-ring (bicyclic) bond motifs is 5. The lowest BCUT2D eigenvalue weighted by molar-refractivity contribution is -0.131. The second kappa shape index (κ2) is 4.08. The molecule has 0 amide bonds. The summed E-state index contributed by atoms with van der Waals surface area (Å²) in [4.78, 5) is 12.3. The van der Waals surface area contributed by atoms with E-state index in [4.69, 9.17) is 0 Å². The van der Waals surface area contributed by atoms with E-state index in [0.29, 0.717) is 17.1 Å². The van der Waals surface area contributed by atoms with Gasteiger partial charge >= 0.3 is 0 Å². The molecule has 0 bridgehead atoms. The predicted molar refractivity (Wildman–Crippen MR) is 81.2 cm³/mol. The molecule has 0 aliphatic heterocycles. The molecule has 108 valence electrons. The molecule has 0 radical (unpaired) electrons. The van der Waals surface area contributed by atoms with Crippen molar-refractivity contribution in [2.24, 2.45) is 28.6 Å². The maximum Gasteiger partial charge on any atom is 0.139 e. The maximum atomic E-state index is 12.3. The van der Waals surface area contributed by atoms with Crippen molar-refractivity contribution in [2.75, 3.05) is 0 Å². The van der Waals surface area contributed by atoms with Gasteiger partial charge in [0.2, 0.25) is 0 Å².